The fraction of sp³-hybridized carbons (Fsp3) is 0. The van der Waals surface area contributed by atoms with Crippen LogP contribution in [-0.2, 0) is 0 Å². The molecule has 0 aliphatic heterocycles. The first-order chi connectivity index (χ1) is 29.3. The van der Waals surface area contributed by atoms with Crippen LogP contribution in [0.1, 0.15) is 6.85 Å². The van der Waals surface area contributed by atoms with Crippen molar-refractivity contribution in [3.63, 3.8) is 0 Å². The first-order valence-electron chi connectivity index (χ1n) is 20.6. The van der Waals surface area contributed by atoms with E-state index < -0.39 is 6.04 Å². The van der Waals surface area contributed by atoms with Gasteiger partial charge in [0.15, 0.2) is 17.5 Å². The van der Waals surface area contributed by atoms with Gasteiger partial charge in [-0.05, 0) is 78.8 Å². The van der Waals surface area contributed by atoms with Gasteiger partial charge in [0.25, 0.3) is 0 Å². The normalized spacial score (nSPS) is 12.9. The smallest absolute Gasteiger partial charge is 0.164 e. The van der Waals surface area contributed by atoms with E-state index in [1.807, 2.05) is 48.5 Å². The number of rotatable bonds is 5. The van der Waals surface area contributed by atoms with Crippen LogP contribution in [0.15, 0.2) is 192 Å². The first-order valence-corrected chi connectivity index (χ1v) is 18.1. The van der Waals surface area contributed by atoms with Gasteiger partial charge in [0.2, 0.25) is 0 Å². The van der Waals surface area contributed by atoms with E-state index in [9.17, 15) is 0 Å². The quantitative estimate of drug-likeness (QED) is 0.167. The highest BCUT2D eigenvalue weighted by molar-refractivity contribution is 6.25. The lowest BCUT2D eigenvalue weighted by atomic mass is 9.92. The standard InChI is InChI=1S/C51H31N3O/c1-3-12-32(13-4-1)33-22-24-35(25-23-33)50-52-49(34-14-5-2-6-15-34)53-51(54-50)44-20-11-21-46-48(44)43-29-27-37(31-47(43)55-46)36-26-28-42-40-18-8-7-16-38(40)39-17-9-10-19-41(39)45(42)30-36/h1-31H/i1D,3D,4D,12D,13D. The van der Waals surface area contributed by atoms with E-state index >= 15 is 0 Å². The number of benzene rings is 9. The molecule has 0 saturated carbocycles. The van der Waals surface area contributed by atoms with E-state index in [1.54, 1.807) is 24.3 Å². The third-order valence-electron chi connectivity index (χ3n) is 10.4. The Morgan fingerprint density at radius 2 is 0.873 bits per heavy atom. The zero-order chi connectivity index (χ0) is 40.6. The molecule has 9 aromatic carbocycles. The van der Waals surface area contributed by atoms with Gasteiger partial charge in [-0.1, -0.05) is 164 Å². The molecular weight excluding hydrogens is 671 g/mol. The molecule has 0 fully saturated rings. The maximum atomic E-state index is 8.47. The summed E-state index contributed by atoms with van der Waals surface area (Å²) in [6.45, 7) is 0. The van der Waals surface area contributed by atoms with Crippen LogP contribution in [0, 0.1) is 0 Å². The van der Waals surface area contributed by atoms with Crippen LogP contribution in [0.4, 0.5) is 0 Å². The number of fused-ring (bicyclic) bond motifs is 9. The van der Waals surface area contributed by atoms with Crippen molar-refractivity contribution in [2.45, 2.75) is 0 Å². The van der Waals surface area contributed by atoms with E-state index in [0.29, 0.717) is 34.2 Å². The van der Waals surface area contributed by atoms with Gasteiger partial charge in [0.1, 0.15) is 11.2 Å². The molecule has 0 saturated heterocycles. The maximum absolute atomic E-state index is 8.47. The highest BCUT2D eigenvalue weighted by atomic mass is 16.3. The fourth-order valence-electron chi connectivity index (χ4n) is 7.80. The average Bonchev–Trinajstić information content (AvgIpc) is 3.69. The summed E-state index contributed by atoms with van der Waals surface area (Å²) in [6, 6.07) is 51.3. The second-order valence-corrected chi connectivity index (χ2v) is 13.6. The molecule has 0 radical (unpaired) electrons. The topological polar surface area (TPSA) is 51.8 Å². The first kappa shape index (κ1) is 26.4. The Hall–Kier alpha value is -7.43. The van der Waals surface area contributed by atoms with Gasteiger partial charge in [-0.15, -0.1) is 0 Å². The van der Waals surface area contributed by atoms with Crippen LogP contribution < -0.4 is 0 Å². The Morgan fingerprint density at radius 3 is 1.56 bits per heavy atom. The summed E-state index contributed by atoms with van der Waals surface area (Å²) >= 11 is 0. The van der Waals surface area contributed by atoms with Crippen LogP contribution in [0.5, 0.6) is 0 Å². The average molecular weight is 707 g/mol. The van der Waals surface area contributed by atoms with Crippen molar-refractivity contribution in [3.8, 4) is 56.4 Å². The molecule has 0 atom stereocenters. The summed E-state index contributed by atoms with van der Waals surface area (Å²) in [5.74, 6) is 1.39. The fourth-order valence-corrected chi connectivity index (χ4v) is 7.80. The molecule has 0 aliphatic carbocycles. The summed E-state index contributed by atoms with van der Waals surface area (Å²) in [4.78, 5) is 15.0. The largest absolute Gasteiger partial charge is 0.456 e. The Morgan fingerprint density at radius 1 is 0.345 bits per heavy atom. The molecule has 0 amide bonds. The van der Waals surface area contributed by atoms with Crippen molar-refractivity contribution in [2.24, 2.45) is 0 Å². The minimum Gasteiger partial charge on any atom is -0.456 e. The van der Waals surface area contributed by atoms with Crippen molar-refractivity contribution in [1.29, 1.82) is 0 Å². The SMILES string of the molecule is [2H]c1c([2H])c([2H])c(-c2ccc(-c3nc(-c4ccccc4)nc(-c4cccc5oc6cc(-c7ccc8c9ccccc9c9ccccc9c8c7)ccc6c45)n3)cc2)c([2H])c1[2H]. The molecule has 0 bridgehead atoms. The highest BCUT2D eigenvalue weighted by Crippen LogP contribution is 2.40. The minimum absolute atomic E-state index is 0.137. The van der Waals surface area contributed by atoms with E-state index in [4.69, 9.17) is 26.2 Å². The molecule has 2 aromatic heterocycles. The van der Waals surface area contributed by atoms with Gasteiger partial charge < -0.3 is 4.42 Å². The lowest BCUT2D eigenvalue weighted by Gasteiger charge is -2.12. The summed E-state index contributed by atoms with van der Waals surface area (Å²) in [7, 11) is 0. The third kappa shape index (κ3) is 5.26. The number of hydrogen-bond donors (Lipinski definition) is 0. The number of hydrogen-bond acceptors (Lipinski definition) is 4. The third-order valence-corrected chi connectivity index (χ3v) is 10.4. The lowest BCUT2D eigenvalue weighted by Crippen LogP contribution is -2.00. The van der Waals surface area contributed by atoms with Gasteiger partial charge in [0, 0.05) is 27.5 Å². The monoisotopic (exact) mass is 706 g/mol. The molecule has 0 spiro atoms. The number of nitrogens with zero attached hydrogens (tertiary/aromatic N) is 3. The van der Waals surface area contributed by atoms with Crippen LogP contribution in [0.2, 0.25) is 0 Å². The predicted octanol–water partition coefficient (Wildman–Crippen LogP) is 13.6. The van der Waals surface area contributed by atoms with Gasteiger partial charge in [-0.3, -0.25) is 0 Å². The molecule has 11 aromatic rings. The zero-order valence-corrected chi connectivity index (χ0v) is 29.3. The second-order valence-electron chi connectivity index (χ2n) is 13.6. The summed E-state index contributed by atoms with van der Waals surface area (Å²) in [6.07, 6.45) is 0. The Kier molecular flexibility index (Phi) is 6.04. The van der Waals surface area contributed by atoms with Crippen molar-refractivity contribution in [3.05, 3.63) is 188 Å². The van der Waals surface area contributed by atoms with Gasteiger partial charge in [-0.25, -0.2) is 15.0 Å². The van der Waals surface area contributed by atoms with Gasteiger partial charge in [0.05, 0.1) is 6.85 Å². The minimum atomic E-state index is -0.426. The highest BCUT2D eigenvalue weighted by Gasteiger charge is 2.19. The molecule has 256 valence electrons. The zero-order valence-electron chi connectivity index (χ0n) is 34.3. The molecule has 55 heavy (non-hydrogen) atoms. The van der Waals surface area contributed by atoms with Crippen molar-refractivity contribution in [2.75, 3.05) is 0 Å². The number of furan rings is 1. The Bertz CT molecular complexity index is 3490. The van der Waals surface area contributed by atoms with E-state index in [2.05, 4.69) is 84.9 Å². The summed E-state index contributed by atoms with van der Waals surface area (Å²) in [5, 5.41) is 9.20. The molecule has 0 unspecified atom stereocenters. The van der Waals surface area contributed by atoms with Crippen LogP contribution in [0.25, 0.3) is 111 Å². The second kappa shape index (κ2) is 12.6. The molecule has 0 N–H and O–H groups in total. The number of aromatic nitrogens is 3. The van der Waals surface area contributed by atoms with Crippen molar-refractivity contribution < 1.29 is 11.3 Å². The Labute approximate surface area is 324 Å². The lowest BCUT2D eigenvalue weighted by molar-refractivity contribution is 0.669. The molecule has 2 heterocycles. The van der Waals surface area contributed by atoms with E-state index in [-0.39, 0.29) is 29.7 Å². The maximum Gasteiger partial charge on any atom is 0.164 e. The summed E-state index contributed by atoms with van der Waals surface area (Å²) < 4.78 is 47.8. The predicted molar refractivity (Wildman–Crippen MR) is 227 cm³/mol. The van der Waals surface area contributed by atoms with Crippen LogP contribution in [-0.4, -0.2) is 15.0 Å². The van der Waals surface area contributed by atoms with E-state index in [0.717, 1.165) is 38.6 Å². The van der Waals surface area contributed by atoms with Gasteiger partial charge >= 0.3 is 0 Å². The molecule has 0 aliphatic rings. The molecular formula is C51H31N3O. The molecule has 11 rings (SSSR count). The van der Waals surface area contributed by atoms with Crippen molar-refractivity contribution in [1.82, 2.24) is 15.0 Å². The van der Waals surface area contributed by atoms with Crippen LogP contribution >= 0.6 is 0 Å². The Balaban J connectivity index is 1.03. The van der Waals surface area contributed by atoms with E-state index in [1.165, 1.54) is 32.3 Å². The van der Waals surface area contributed by atoms with Crippen molar-refractivity contribution >= 4 is 54.3 Å². The summed E-state index contributed by atoms with van der Waals surface area (Å²) in [5.41, 5.74) is 6.52. The van der Waals surface area contributed by atoms with Crippen LogP contribution in [0.3, 0.4) is 0 Å². The molecule has 4 nitrogen and oxygen atoms in total. The molecule has 4 heteroatoms. The van der Waals surface area contributed by atoms with Gasteiger partial charge in [-0.2, -0.15) is 0 Å².